The molecule has 192 valence electrons. The van der Waals surface area contributed by atoms with Crippen molar-refractivity contribution < 1.29 is 14.4 Å². The molecule has 3 aliphatic rings. The van der Waals surface area contributed by atoms with E-state index in [4.69, 9.17) is 11.6 Å². The lowest BCUT2D eigenvalue weighted by Crippen LogP contribution is -2.51. The summed E-state index contributed by atoms with van der Waals surface area (Å²) in [7, 11) is 0. The zero-order valence-corrected chi connectivity index (χ0v) is 22.5. The first kappa shape index (κ1) is 24.1. The average molecular weight is 551 g/mol. The van der Waals surface area contributed by atoms with E-state index in [1.165, 1.54) is 11.3 Å². The summed E-state index contributed by atoms with van der Waals surface area (Å²) in [6.07, 6.45) is 2.05. The number of para-hydroxylation sites is 2. The summed E-state index contributed by atoms with van der Waals surface area (Å²) in [6, 6.07) is 24.3. The van der Waals surface area contributed by atoms with Crippen LogP contribution in [-0.2, 0) is 10.2 Å². The van der Waals surface area contributed by atoms with Crippen LogP contribution in [0, 0.1) is 5.92 Å². The highest BCUT2D eigenvalue weighted by atomic mass is 35.5. The van der Waals surface area contributed by atoms with Crippen LogP contribution in [-0.4, -0.2) is 29.6 Å². The number of hydrogen-bond donors (Lipinski definition) is 1. The minimum Gasteiger partial charge on any atom is -0.352 e. The molecule has 1 spiro atoms. The van der Waals surface area contributed by atoms with Gasteiger partial charge in [-0.05, 0) is 53.8 Å². The molecule has 1 aromatic heterocycles. The van der Waals surface area contributed by atoms with Gasteiger partial charge in [0.15, 0.2) is 11.6 Å². The maximum Gasteiger partial charge on any atom is 0.238 e. The number of Topliss-reactive ketones (excluding diaryl/α,β-unsaturated/α-hetero) is 2. The van der Waals surface area contributed by atoms with Gasteiger partial charge in [0.25, 0.3) is 0 Å². The van der Waals surface area contributed by atoms with Gasteiger partial charge in [0.2, 0.25) is 5.91 Å². The summed E-state index contributed by atoms with van der Waals surface area (Å²) in [5.74, 6) is -1.77. The average Bonchev–Trinajstić information content (AvgIpc) is 3.66. The van der Waals surface area contributed by atoms with Crippen LogP contribution in [0.2, 0.25) is 5.02 Å². The van der Waals surface area contributed by atoms with Gasteiger partial charge < -0.3 is 10.2 Å². The molecule has 0 unspecified atom stereocenters. The summed E-state index contributed by atoms with van der Waals surface area (Å²) in [5, 5.41) is 5.22. The van der Waals surface area contributed by atoms with E-state index in [1.54, 1.807) is 30.3 Å². The number of carbonyl (C=O) groups excluding carboxylic acids is 3. The normalized spacial score (nSPS) is 24.6. The predicted molar refractivity (Wildman–Crippen MR) is 155 cm³/mol. The lowest BCUT2D eigenvalue weighted by molar-refractivity contribution is -0.121. The van der Waals surface area contributed by atoms with Gasteiger partial charge in [-0.3, -0.25) is 14.4 Å². The maximum absolute atomic E-state index is 14.6. The van der Waals surface area contributed by atoms with Crippen LogP contribution in [0.4, 0.5) is 11.4 Å². The second-order valence-corrected chi connectivity index (χ2v) is 11.6. The largest absolute Gasteiger partial charge is 0.352 e. The Morgan fingerprint density at radius 2 is 1.67 bits per heavy atom. The number of anilines is 2. The molecule has 0 saturated carbocycles. The first-order chi connectivity index (χ1) is 18.9. The molecule has 4 heterocycles. The predicted octanol–water partition coefficient (Wildman–Crippen LogP) is 6.65. The zero-order chi connectivity index (χ0) is 26.9. The van der Waals surface area contributed by atoms with Crippen molar-refractivity contribution in [2.75, 3.05) is 10.2 Å². The Balaban J connectivity index is 1.57. The molecule has 0 radical (unpaired) electrons. The molecule has 0 aliphatic carbocycles. The number of hydrogen-bond acceptors (Lipinski definition) is 5. The maximum atomic E-state index is 14.6. The fourth-order valence-electron chi connectivity index (χ4n) is 6.78. The highest BCUT2D eigenvalue weighted by Crippen LogP contribution is 2.59. The van der Waals surface area contributed by atoms with Crippen molar-refractivity contribution in [3.05, 3.63) is 123 Å². The van der Waals surface area contributed by atoms with E-state index >= 15 is 0 Å². The number of amides is 1. The summed E-state index contributed by atoms with van der Waals surface area (Å²) in [5.41, 5.74) is 3.20. The van der Waals surface area contributed by atoms with Crippen LogP contribution in [0.5, 0.6) is 0 Å². The van der Waals surface area contributed by atoms with Gasteiger partial charge >= 0.3 is 0 Å². The lowest BCUT2D eigenvalue weighted by Gasteiger charge is -2.39. The van der Waals surface area contributed by atoms with Crippen molar-refractivity contribution in [1.82, 2.24) is 0 Å². The van der Waals surface area contributed by atoms with E-state index in [9.17, 15) is 14.4 Å². The summed E-state index contributed by atoms with van der Waals surface area (Å²) in [4.78, 5) is 46.1. The Morgan fingerprint density at radius 1 is 0.923 bits per heavy atom. The summed E-state index contributed by atoms with van der Waals surface area (Å²) in [6.45, 7) is 2.02. The number of benzene rings is 3. The molecule has 3 aromatic carbocycles. The molecule has 3 aliphatic heterocycles. The number of nitrogens with one attached hydrogen (secondary N) is 1. The van der Waals surface area contributed by atoms with E-state index < -0.39 is 23.4 Å². The van der Waals surface area contributed by atoms with E-state index in [1.807, 2.05) is 71.8 Å². The quantitative estimate of drug-likeness (QED) is 0.289. The molecule has 4 atom stereocenters. The molecule has 1 N–H and O–H groups in total. The smallest absolute Gasteiger partial charge is 0.238 e. The van der Waals surface area contributed by atoms with Gasteiger partial charge in [-0.15, -0.1) is 11.3 Å². The van der Waals surface area contributed by atoms with Crippen LogP contribution in [0.25, 0.3) is 5.57 Å². The van der Waals surface area contributed by atoms with Crippen LogP contribution in [0.3, 0.4) is 0 Å². The number of halogens is 1. The SMILES string of the molecule is CC1=C[C@@H]2N(c3ccccc31)[C@H](C(=O)c1ccccc1Cl)[C@H](C(=O)c1cccs1)[C@]21C(=O)Nc2ccccc21. The lowest BCUT2D eigenvalue weighted by atomic mass is 9.64. The number of allylic oxidation sites excluding steroid dienone is 1. The highest BCUT2D eigenvalue weighted by Gasteiger charge is 2.70. The van der Waals surface area contributed by atoms with Crippen LogP contribution < -0.4 is 10.2 Å². The van der Waals surface area contributed by atoms with Crippen LogP contribution in [0.15, 0.2) is 96.4 Å². The standard InChI is InChI=1S/C32H23ClN2O3S/c1-18-17-26-32(21-11-4-6-13-23(21)34-31(32)38)27(30(37)25-15-8-16-39-25)28(29(36)20-10-2-5-12-22(20)33)35(26)24-14-7-3-9-19(18)24/h2-17,26-28H,1H3,(H,34,38)/t26-,27+,28-,32+/m0/s1. The Kier molecular flexibility index (Phi) is 5.41. The molecule has 39 heavy (non-hydrogen) atoms. The molecular formula is C32H23ClN2O3S. The molecule has 1 saturated heterocycles. The fraction of sp³-hybridized carbons (Fsp3) is 0.156. The van der Waals surface area contributed by atoms with Gasteiger partial charge in [-0.25, -0.2) is 0 Å². The number of ketones is 2. The van der Waals surface area contributed by atoms with Crippen molar-refractivity contribution >= 4 is 57.4 Å². The second kappa shape index (κ2) is 8.76. The Morgan fingerprint density at radius 3 is 2.46 bits per heavy atom. The highest BCUT2D eigenvalue weighted by molar-refractivity contribution is 7.12. The Hall–Kier alpha value is -4.00. The van der Waals surface area contributed by atoms with E-state index in [0.717, 1.165) is 22.4 Å². The minimum atomic E-state index is -1.33. The number of fused-ring (bicyclic) bond motifs is 6. The summed E-state index contributed by atoms with van der Waals surface area (Å²) < 4.78 is 0. The first-order valence-corrected chi connectivity index (χ1v) is 14.0. The van der Waals surface area contributed by atoms with Gasteiger partial charge in [0.1, 0.15) is 11.5 Å². The molecule has 5 nitrogen and oxygen atoms in total. The van der Waals surface area contributed by atoms with E-state index in [-0.39, 0.29) is 17.5 Å². The van der Waals surface area contributed by atoms with Gasteiger partial charge in [-0.2, -0.15) is 0 Å². The third-order valence-electron chi connectivity index (χ3n) is 8.34. The van der Waals surface area contributed by atoms with Gasteiger partial charge in [-0.1, -0.05) is 72.3 Å². The third-order valence-corrected chi connectivity index (χ3v) is 9.55. The third kappa shape index (κ3) is 3.22. The van der Waals surface area contributed by atoms with Crippen molar-refractivity contribution in [2.24, 2.45) is 5.92 Å². The second-order valence-electron chi connectivity index (χ2n) is 10.2. The fourth-order valence-corrected chi connectivity index (χ4v) is 7.71. The first-order valence-electron chi connectivity index (χ1n) is 12.8. The van der Waals surface area contributed by atoms with Crippen molar-refractivity contribution in [3.8, 4) is 0 Å². The van der Waals surface area contributed by atoms with E-state index in [2.05, 4.69) is 11.4 Å². The monoisotopic (exact) mass is 550 g/mol. The Bertz CT molecular complexity index is 1710. The van der Waals surface area contributed by atoms with Gasteiger partial charge in [0, 0.05) is 22.5 Å². The molecule has 1 amide bonds. The van der Waals surface area contributed by atoms with Crippen molar-refractivity contribution in [1.29, 1.82) is 0 Å². The number of nitrogens with zero attached hydrogens (tertiary/aromatic N) is 1. The molecule has 7 heteroatoms. The topological polar surface area (TPSA) is 66.5 Å². The number of thiophene rings is 1. The molecular weight excluding hydrogens is 528 g/mol. The number of rotatable bonds is 4. The molecule has 0 bridgehead atoms. The van der Waals surface area contributed by atoms with Crippen LogP contribution >= 0.6 is 22.9 Å². The Labute approximate surface area is 234 Å². The molecule has 7 rings (SSSR count). The number of carbonyl (C=O) groups is 3. The van der Waals surface area contributed by atoms with Crippen LogP contribution in [0.1, 0.15) is 38.1 Å². The van der Waals surface area contributed by atoms with Crippen molar-refractivity contribution in [2.45, 2.75) is 24.4 Å². The zero-order valence-electron chi connectivity index (χ0n) is 20.9. The summed E-state index contributed by atoms with van der Waals surface area (Å²) >= 11 is 7.89. The molecule has 4 aromatic rings. The van der Waals surface area contributed by atoms with Gasteiger partial charge in [0.05, 0.1) is 21.9 Å². The van der Waals surface area contributed by atoms with Crippen molar-refractivity contribution in [3.63, 3.8) is 0 Å². The molecule has 1 fully saturated rings. The minimum absolute atomic E-state index is 0.222. The van der Waals surface area contributed by atoms with E-state index in [0.29, 0.717) is 21.2 Å².